The topological polar surface area (TPSA) is 77.5 Å². The second-order valence-electron chi connectivity index (χ2n) is 7.61. The minimum absolute atomic E-state index is 0.160. The third kappa shape index (κ3) is 8.08. The van der Waals surface area contributed by atoms with Crippen LogP contribution in [0.2, 0.25) is 0 Å². The van der Waals surface area contributed by atoms with Crippen molar-refractivity contribution in [2.45, 2.75) is 40.0 Å². The van der Waals surface area contributed by atoms with Gasteiger partial charge in [0, 0.05) is 24.7 Å². The molecule has 30 heavy (non-hydrogen) atoms. The maximum atomic E-state index is 12.0. The summed E-state index contributed by atoms with van der Waals surface area (Å²) in [4.78, 5) is 14.0. The molecule has 1 aliphatic heterocycles. The van der Waals surface area contributed by atoms with Gasteiger partial charge >= 0.3 is 5.97 Å². The number of esters is 1. The summed E-state index contributed by atoms with van der Waals surface area (Å²) in [5.41, 5.74) is 1.84. The van der Waals surface area contributed by atoms with Crippen LogP contribution >= 0.6 is 0 Å². The summed E-state index contributed by atoms with van der Waals surface area (Å²) in [5.74, 6) is 0.789. The number of fused-ring (bicyclic) bond motifs is 1. The molecule has 0 bridgehead atoms. The molecule has 0 aliphatic carbocycles. The molecule has 0 saturated heterocycles. The molecule has 0 radical (unpaired) electrons. The lowest BCUT2D eigenvalue weighted by atomic mass is 9.98. The number of rotatable bonds is 12. The minimum Gasteiger partial charge on any atom is -0.507 e. The molecule has 1 unspecified atom stereocenters. The lowest BCUT2D eigenvalue weighted by molar-refractivity contribution is -0.146. The Balaban J connectivity index is 1.84. The van der Waals surface area contributed by atoms with E-state index in [9.17, 15) is 9.90 Å². The zero-order valence-electron chi connectivity index (χ0n) is 18.1. The van der Waals surface area contributed by atoms with Crippen LogP contribution in [-0.2, 0) is 32.0 Å². The summed E-state index contributed by atoms with van der Waals surface area (Å²) in [7, 11) is 0. The van der Waals surface area contributed by atoms with Crippen molar-refractivity contribution >= 4 is 5.97 Å². The van der Waals surface area contributed by atoms with Gasteiger partial charge in [-0.3, -0.25) is 9.69 Å². The Kier molecular flexibility index (Phi) is 9.70. The summed E-state index contributed by atoms with van der Waals surface area (Å²) < 4.78 is 21.8. The van der Waals surface area contributed by atoms with Crippen LogP contribution in [-0.4, -0.2) is 55.2 Å². The monoisotopic (exact) mass is 419 g/mol. The first-order valence-corrected chi connectivity index (χ1v) is 10.3. The molecule has 1 atom stereocenters. The minimum atomic E-state index is -0.481. The summed E-state index contributed by atoms with van der Waals surface area (Å²) >= 11 is 0. The van der Waals surface area contributed by atoms with Crippen molar-refractivity contribution in [1.82, 2.24) is 4.90 Å². The molecule has 0 amide bonds. The van der Waals surface area contributed by atoms with Crippen LogP contribution in [0.5, 0.6) is 11.5 Å². The maximum absolute atomic E-state index is 12.0. The number of phenols is 1. The van der Waals surface area contributed by atoms with E-state index in [2.05, 4.69) is 6.58 Å². The molecule has 2 rings (SSSR count). The quantitative estimate of drug-likeness (QED) is 0.183. The Morgan fingerprint density at radius 2 is 2.10 bits per heavy atom. The van der Waals surface area contributed by atoms with Crippen molar-refractivity contribution in [2.24, 2.45) is 5.92 Å². The molecule has 7 heteroatoms. The zero-order valence-corrected chi connectivity index (χ0v) is 18.1. The standard InChI is InChI=1S/C23H33NO6/c1-5-6-9-27-10-11-28-18(4)30-20-12-19-7-8-24(14-21(19)22(25)13-20)15-23(26)29-16-17(2)3/h5-6,9,12-13,17-18,25H,1,7-8,10-11,14-16H2,2-4H3/b9-6+. The average Bonchev–Trinajstić information content (AvgIpc) is 2.69. The van der Waals surface area contributed by atoms with Gasteiger partial charge < -0.3 is 24.1 Å². The first-order chi connectivity index (χ1) is 14.4. The average molecular weight is 420 g/mol. The van der Waals surface area contributed by atoms with Gasteiger partial charge in [-0.05, 0) is 37.0 Å². The second-order valence-corrected chi connectivity index (χ2v) is 7.61. The van der Waals surface area contributed by atoms with Crippen molar-refractivity contribution in [3.8, 4) is 11.5 Å². The van der Waals surface area contributed by atoms with Crippen LogP contribution in [0.15, 0.2) is 37.1 Å². The van der Waals surface area contributed by atoms with Crippen LogP contribution in [0.1, 0.15) is 31.9 Å². The Hall–Kier alpha value is -2.51. The van der Waals surface area contributed by atoms with E-state index in [-0.39, 0.29) is 18.3 Å². The molecule has 0 spiro atoms. The summed E-state index contributed by atoms with van der Waals surface area (Å²) in [6.07, 6.45) is 5.12. The normalized spacial score (nSPS) is 15.1. The first kappa shape index (κ1) is 23.8. The molecule has 1 aliphatic rings. The van der Waals surface area contributed by atoms with E-state index in [1.165, 1.54) is 0 Å². The Labute approximate surface area is 178 Å². The van der Waals surface area contributed by atoms with E-state index in [1.807, 2.05) is 24.8 Å². The summed E-state index contributed by atoms with van der Waals surface area (Å²) in [6, 6.07) is 3.51. The fourth-order valence-corrected chi connectivity index (χ4v) is 3.03. The highest BCUT2D eigenvalue weighted by atomic mass is 16.7. The lowest BCUT2D eigenvalue weighted by Gasteiger charge is -2.29. The molecule has 166 valence electrons. The van der Waals surface area contributed by atoms with Gasteiger partial charge in [0.2, 0.25) is 0 Å². The molecule has 1 N–H and O–H groups in total. The van der Waals surface area contributed by atoms with Crippen molar-refractivity contribution in [2.75, 3.05) is 32.9 Å². The smallest absolute Gasteiger partial charge is 0.320 e. The summed E-state index contributed by atoms with van der Waals surface area (Å²) in [5, 5.41) is 10.5. The largest absolute Gasteiger partial charge is 0.507 e. The molecular weight excluding hydrogens is 386 g/mol. The number of carbonyl (C=O) groups excluding carboxylic acids is 1. The van der Waals surface area contributed by atoms with E-state index in [1.54, 1.807) is 31.4 Å². The molecule has 1 aromatic rings. The fraction of sp³-hybridized carbons (Fsp3) is 0.522. The fourth-order valence-electron chi connectivity index (χ4n) is 3.03. The number of benzene rings is 1. The summed E-state index contributed by atoms with van der Waals surface area (Å²) in [6.45, 7) is 12.0. The van der Waals surface area contributed by atoms with Gasteiger partial charge in [-0.2, -0.15) is 0 Å². The highest BCUT2D eigenvalue weighted by Gasteiger charge is 2.23. The number of aromatic hydroxyl groups is 1. The number of phenolic OH excluding ortho intramolecular Hbond substituents is 1. The lowest BCUT2D eigenvalue weighted by Crippen LogP contribution is -2.36. The number of hydrogen-bond acceptors (Lipinski definition) is 7. The molecule has 7 nitrogen and oxygen atoms in total. The number of hydrogen-bond donors (Lipinski definition) is 1. The maximum Gasteiger partial charge on any atom is 0.320 e. The van der Waals surface area contributed by atoms with Gasteiger partial charge in [-0.1, -0.05) is 26.5 Å². The molecule has 0 aromatic heterocycles. The zero-order chi connectivity index (χ0) is 21.9. The van der Waals surface area contributed by atoms with E-state index >= 15 is 0 Å². The SMILES string of the molecule is C=C/C=C/OCCOC(C)Oc1cc(O)c2c(c1)CCN(CC(=O)OCC(C)C)C2. The number of ether oxygens (including phenoxy) is 4. The van der Waals surface area contributed by atoms with Gasteiger partial charge in [0.25, 0.3) is 0 Å². The van der Waals surface area contributed by atoms with Crippen molar-refractivity contribution in [1.29, 1.82) is 0 Å². The van der Waals surface area contributed by atoms with E-state index in [4.69, 9.17) is 18.9 Å². The van der Waals surface area contributed by atoms with Gasteiger partial charge in [0.05, 0.1) is 26.0 Å². The Morgan fingerprint density at radius 3 is 2.83 bits per heavy atom. The van der Waals surface area contributed by atoms with Crippen LogP contribution in [0.4, 0.5) is 0 Å². The van der Waals surface area contributed by atoms with Gasteiger partial charge in [0.15, 0.2) is 6.29 Å². The molecule has 1 aromatic carbocycles. The molecule has 1 heterocycles. The predicted molar refractivity (Wildman–Crippen MR) is 114 cm³/mol. The van der Waals surface area contributed by atoms with E-state index in [0.717, 1.165) is 17.5 Å². The van der Waals surface area contributed by atoms with Crippen molar-refractivity contribution in [3.05, 3.63) is 48.3 Å². The third-order valence-corrected chi connectivity index (χ3v) is 4.47. The predicted octanol–water partition coefficient (Wildman–Crippen LogP) is 3.41. The van der Waals surface area contributed by atoms with E-state index in [0.29, 0.717) is 44.6 Å². The number of carbonyl (C=O) groups is 1. The number of nitrogens with zero attached hydrogens (tertiary/aromatic N) is 1. The molecule has 0 saturated carbocycles. The van der Waals surface area contributed by atoms with Gasteiger partial charge in [0.1, 0.15) is 18.1 Å². The van der Waals surface area contributed by atoms with Gasteiger partial charge in [-0.15, -0.1) is 0 Å². The van der Waals surface area contributed by atoms with Crippen LogP contribution < -0.4 is 4.74 Å². The third-order valence-electron chi connectivity index (χ3n) is 4.47. The van der Waals surface area contributed by atoms with Gasteiger partial charge in [-0.25, -0.2) is 0 Å². The highest BCUT2D eigenvalue weighted by Crippen LogP contribution is 2.32. The molecular formula is C23H33NO6. The number of allylic oxidation sites excluding steroid dienone is 2. The van der Waals surface area contributed by atoms with Crippen molar-refractivity contribution in [3.63, 3.8) is 0 Å². The highest BCUT2D eigenvalue weighted by molar-refractivity contribution is 5.71. The van der Waals surface area contributed by atoms with Crippen LogP contribution in [0, 0.1) is 5.92 Å². The van der Waals surface area contributed by atoms with Crippen molar-refractivity contribution < 1.29 is 28.8 Å². The Morgan fingerprint density at radius 1 is 1.30 bits per heavy atom. The second kappa shape index (κ2) is 12.2. The van der Waals surface area contributed by atoms with Crippen LogP contribution in [0.25, 0.3) is 0 Å². The van der Waals surface area contributed by atoms with Crippen LogP contribution in [0.3, 0.4) is 0 Å². The molecule has 0 fully saturated rings. The first-order valence-electron chi connectivity index (χ1n) is 10.3. The van der Waals surface area contributed by atoms with E-state index < -0.39 is 6.29 Å². The Bertz CT molecular complexity index is 731.